The Kier molecular flexibility index (Phi) is 8.13. The van der Waals surface area contributed by atoms with E-state index in [0.717, 1.165) is 11.6 Å². The van der Waals surface area contributed by atoms with Gasteiger partial charge in [0.2, 0.25) is 0 Å². The summed E-state index contributed by atoms with van der Waals surface area (Å²) in [6, 6.07) is 14.5. The number of hydrogen-bond acceptors (Lipinski definition) is 11. The molecule has 1 saturated heterocycles. The SMILES string of the molecule is CCOC(=O)[C@H](C)N[P@@](=O)(O/C=C1/O[C@@H](c2ccc3c(N)ncnn23)[C@@H](NC)[C@@H]1O)Oc1cccc2ccccc12. The van der Waals surface area contributed by atoms with Crippen LogP contribution in [0.15, 0.2) is 72.9 Å². The summed E-state index contributed by atoms with van der Waals surface area (Å²) < 4.78 is 38.4. The van der Waals surface area contributed by atoms with Crippen molar-refractivity contribution >= 4 is 35.8 Å². The summed E-state index contributed by atoms with van der Waals surface area (Å²) in [6.07, 6.45) is 0.447. The van der Waals surface area contributed by atoms with Crippen LogP contribution in [-0.2, 0) is 23.4 Å². The number of nitrogen functional groups attached to an aromatic ring is 1. The van der Waals surface area contributed by atoms with Crippen LogP contribution >= 0.6 is 7.75 Å². The number of likely N-dealkylation sites (N-methyl/N-ethyl adjacent to an activating group) is 1. The lowest BCUT2D eigenvalue weighted by Crippen LogP contribution is -2.38. The van der Waals surface area contributed by atoms with Gasteiger partial charge in [-0.15, -0.1) is 0 Å². The number of aliphatic hydroxyl groups excluding tert-OH is 1. The highest BCUT2D eigenvalue weighted by Gasteiger charge is 2.43. The van der Waals surface area contributed by atoms with Gasteiger partial charge in [0.1, 0.15) is 36.0 Å². The van der Waals surface area contributed by atoms with Crippen molar-refractivity contribution in [3.63, 3.8) is 0 Å². The van der Waals surface area contributed by atoms with E-state index in [1.165, 1.54) is 13.3 Å². The molecule has 13 nitrogen and oxygen atoms in total. The number of benzene rings is 2. The van der Waals surface area contributed by atoms with E-state index in [0.29, 0.717) is 22.4 Å². The molecule has 1 fully saturated rings. The van der Waals surface area contributed by atoms with Gasteiger partial charge in [-0.25, -0.2) is 14.1 Å². The molecule has 2 aromatic carbocycles. The lowest BCUT2D eigenvalue weighted by molar-refractivity contribution is -0.144. The molecule has 2 aromatic heterocycles. The second-order valence-corrected chi connectivity index (χ2v) is 10.9. The van der Waals surface area contributed by atoms with E-state index >= 15 is 0 Å². The average molecular weight is 583 g/mol. The first-order valence-electron chi connectivity index (χ1n) is 12.9. The van der Waals surface area contributed by atoms with E-state index in [1.807, 2.05) is 30.3 Å². The van der Waals surface area contributed by atoms with Crippen LogP contribution in [0.1, 0.15) is 25.6 Å². The van der Waals surface area contributed by atoms with Gasteiger partial charge in [0, 0.05) is 5.39 Å². The molecule has 0 amide bonds. The fourth-order valence-corrected chi connectivity index (χ4v) is 6.03. The van der Waals surface area contributed by atoms with E-state index in [9.17, 15) is 14.5 Å². The maximum atomic E-state index is 14.1. The summed E-state index contributed by atoms with van der Waals surface area (Å²) in [5, 5.41) is 22.5. The summed E-state index contributed by atoms with van der Waals surface area (Å²) in [5.74, 6) is -0.0969. The Morgan fingerprint density at radius 1 is 1.24 bits per heavy atom. The number of nitrogens with zero attached hydrogens (tertiary/aromatic N) is 3. The van der Waals surface area contributed by atoms with Gasteiger partial charge < -0.3 is 34.7 Å². The van der Waals surface area contributed by atoms with Crippen molar-refractivity contribution in [2.75, 3.05) is 19.4 Å². The number of aromatic nitrogens is 3. The van der Waals surface area contributed by atoms with Gasteiger partial charge in [0.25, 0.3) is 0 Å². The molecule has 5 atom stereocenters. The molecule has 5 rings (SSSR count). The predicted molar refractivity (Wildman–Crippen MR) is 151 cm³/mol. The third-order valence-electron chi connectivity index (χ3n) is 6.62. The minimum absolute atomic E-state index is 0.0151. The molecule has 0 spiro atoms. The van der Waals surface area contributed by atoms with Crippen molar-refractivity contribution in [3.05, 3.63) is 78.6 Å². The van der Waals surface area contributed by atoms with Crippen LogP contribution in [0.2, 0.25) is 0 Å². The fraction of sp³-hybridized carbons (Fsp3) is 0.296. The molecule has 216 valence electrons. The highest BCUT2D eigenvalue weighted by atomic mass is 31.2. The number of carbonyl (C=O) groups is 1. The molecule has 4 aromatic rings. The van der Waals surface area contributed by atoms with Gasteiger partial charge in [-0.05, 0) is 44.5 Å². The smallest absolute Gasteiger partial charge is 0.481 e. The number of anilines is 1. The van der Waals surface area contributed by atoms with E-state index in [1.54, 1.807) is 42.8 Å². The van der Waals surface area contributed by atoms with E-state index in [2.05, 4.69) is 20.5 Å². The maximum Gasteiger partial charge on any atom is 0.513 e. The molecule has 0 unspecified atom stereocenters. The molecule has 1 aliphatic rings. The van der Waals surface area contributed by atoms with Crippen LogP contribution in [0.4, 0.5) is 5.82 Å². The number of esters is 1. The number of nitrogens with two attached hydrogens (primary N) is 1. The molecule has 0 saturated carbocycles. The largest absolute Gasteiger partial charge is 0.513 e. The third kappa shape index (κ3) is 5.70. The zero-order valence-electron chi connectivity index (χ0n) is 22.6. The van der Waals surface area contributed by atoms with Gasteiger partial charge in [-0.1, -0.05) is 36.4 Å². The van der Waals surface area contributed by atoms with Crippen molar-refractivity contribution in [1.29, 1.82) is 0 Å². The standard InChI is InChI=1S/C27H31N6O7P/c1-4-37-27(35)16(2)32-41(36,40-21-11-7-9-17-8-5-6-10-18(17)21)38-14-22-24(34)23(29-3)25(39-22)19-12-13-20-26(28)30-15-31-33(19)20/h5-16,23-25,29,34H,4H2,1-3H3,(H,32,36)(H2,28,30,31)/b22-14+/t16-,23-,24+,25-,41+/m0/s1. The molecule has 3 heterocycles. The van der Waals surface area contributed by atoms with Crippen molar-refractivity contribution in [3.8, 4) is 5.75 Å². The molecule has 0 bridgehead atoms. The number of carbonyl (C=O) groups excluding carboxylic acids is 1. The molecule has 1 aliphatic heterocycles. The lowest BCUT2D eigenvalue weighted by Gasteiger charge is -2.22. The highest BCUT2D eigenvalue weighted by molar-refractivity contribution is 7.52. The Morgan fingerprint density at radius 3 is 2.80 bits per heavy atom. The predicted octanol–water partition coefficient (Wildman–Crippen LogP) is 3.07. The monoisotopic (exact) mass is 582 g/mol. The third-order valence-corrected chi connectivity index (χ3v) is 8.15. The van der Waals surface area contributed by atoms with Crippen LogP contribution in [0, 0.1) is 0 Å². The van der Waals surface area contributed by atoms with Gasteiger partial charge in [0.15, 0.2) is 17.7 Å². The summed E-state index contributed by atoms with van der Waals surface area (Å²) >= 11 is 0. The first kappa shape index (κ1) is 28.4. The van der Waals surface area contributed by atoms with Gasteiger partial charge in [-0.3, -0.25) is 4.79 Å². The average Bonchev–Trinajstić information content (AvgIpc) is 3.53. The van der Waals surface area contributed by atoms with Gasteiger partial charge in [0.05, 0.1) is 18.3 Å². The minimum atomic E-state index is -4.29. The van der Waals surface area contributed by atoms with Crippen molar-refractivity contribution in [1.82, 2.24) is 25.0 Å². The zero-order valence-corrected chi connectivity index (χ0v) is 23.5. The summed E-state index contributed by atoms with van der Waals surface area (Å²) in [6.45, 7) is 3.29. The molecular formula is C27H31N6O7P. The quantitative estimate of drug-likeness (QED) is 0.123. The Morgan fingerprint density at radius 2 is 2.02 bits per heavy atom. The molecule has 0 aliphatic carbocycles. The van der Waals surface area contributed by atoms with Crippen LogP contribution in [0.5, 0.6) is 5.75 Å². The summed E-state index contributed by atoms with van der Waals surface area (Å²) in [5.41, 5.74) is 7.14. The van der Waals surface area contributed by atoms with Crippen LogP contribution in [-0.4, -0.2) is 57.5 Å². The Labute approximate surface area is 235 Å². The van der Waals surface area contributed by atoms with Crippen LogP contribution in [0.3, 0.4) is 0 Å². The van der Waals surface area contributed by atoms with E-state index in [4.69, 9.17) is 24.3 Å². The summed E-state index contributed by atoms with van der Waals surface area (Å²) in [4.78, 5) is 16.4. The second kappa shape index (κ2) is 11.8. The molecular weight excluding hydrogens is 551 g/mol. The van der Waals surface area contributed by atoms with Crippen LogP contribution in [0.25, 0.3) is 16.3 Å². The minimum Gasteiger partial charge on any atom is -0.481 e. The Bertz CT molecular complexity index is 1640. The molecule has 0 radical (unpaired) electrons. The molecule has 41 heavy (non-hydrogen) atoms. The van der Waals surface area contributed by atoms with Crippen molar-refractivity contribution in [2.45, 2.75) is 38.1 Å². The Balaban J connectivity index is 1.46. The number of nitrogens with one attached hydrogen (secondary N) is 2. The number of hydrogen-bond donors (Lipinski definition) is 4. The first-order valence-corrected chi connectivity index (χ1v) is 14.5. The zero-order chi connectivity index (χ0) is 29.1. The second-order valence-electron chi connectivity index (χ2n) is 9.29. The van der Waals surface area contributed by atoms with Gasteiger partial charge >= 0.3 is 13.7 Å². The topological polar surface area (TPSA) is 172 Å². The van der Waals surface area contributed by atoms with E-state index in [-0.39, 0.29) is 18.1 Å². The van der Waals surface area contributed by atoms with Crippen molar-refractivity contribution < 1.29 is 33.0 Å². The van der Waals surface area contributed by atoms with E-state index < -0.39 is 38.0 Å². The van der Waals surface area contributed by atoms with Crippen molar-refractivity contribution in [2.24, 2.45) is 0 Å². The fourth-order valence-electron chi connectivity index (χ4n) is 4.63. The number of ether oxygens (including phenoxy) is 2. The lowest BCUT2D eigenvalue weighted by atomic mass is 10.1. The number of rotatable bonds is 10. The molecule has 5 N–H and O–H groups in total. The highest BCUT2D eigenvalue weighted by Crippen LogP contribution is 2.48. The van der Waals surface area contributed by atoms with Crippen LogP contribution < -0.4 is 20.7 Å². The first-order chi connectivity index (χ1) is 19.7. The summed E-state index contributed by atoms with van der Waals surface area (Å²) in [7, 11) is -2.62. The number of fused-ring (bicyclic) bond motifs is 2. The molecule has 14 heteroatoms. The Hall–Kier alpha value is -4.16. The normalized spacial score (nSPS) is 21.9. The van der Waals surface area contributed by atoms with Gasteiger partial charge in [-0.2, -0.15) is 10.2 Å². The maximum absolute atomic E-state index is 14.1. The number of aliphatic hydroxyl groups is 1.